The number of hydrogen-bond acceptors (Lipinski definition) is 8. The molecule has 5 fully saturated rings. The Kier molecular flexibility index (Phi) is 7.48. The maximum absolute atomic E-state index is 12.3. The number of carbonyl (C=O) groups is 1. The zero-order chi connectivity index (χ0) is 27.9. The van der Waals surface area contributed by atoms with Crippen LogP contribution < -0.4 is 4.74 Å². The van der Waals surface area contributed by atoms with Crippen molar-refractivity contribution in [3.05, 3.63) is 65.7 Å². The van der Waals surface area contributed by atoms with Gasteiger partial charge in [0, 0.05) is 23.8 Å². The van der Waals surface area contributed by atoms with E-state index in [4.69, 9.17) is 28.7 Å². The molecule has 4 aliphatic heterocycles. The van der Waals surface area contributed by atoms with Crippen LogP contribution in [0.4, 0.5) is 0 Å². The molecule has 8 atom stereocenters. The molecule has 40 heavy (non-hydrogen) atoms. The van der Waals surface area contributed by atoms with Crippen LogP contribution >= 0.6 is 0 Å². The molecule has 214 valence electrons. The summed E-state index contributed by atoms with van der Waals surface area (Å²) >= 11 is 0. The van der Waals surface area contributed by atoms with Gasteiger partial charge >= 0.3 is 0 Å². The van der Waals surface area contributed by atoms with Crippen molar-refractivity contribution in [2.75, 3.05) is 13.2 Å². The van der Waals surface area contributed by atoms with Crippen LogP contribution in [0.15, 0.2) is 54.6 Å². The molecule has 1 aliphatic carbocycles. The molecule has 8 nitrogen and oxygen atoms in total. The van der Waals surface area contributed by atoms with Gasteiger partial charge < -0.3 is 24.1 Å². The minimum atomic E-state index is -0.800. The molecule has 1 N–H and O–H groups in total. The highest BCUT2D eigenvalue weighted by molar-refractivity contribution is 6.06. The summed E-state index contributed by atoms with van der Waals surface area (Å²) in [6.07, 6.45) is 6.31. The summed E-state index contributed by atoms with van der Waals surface area (Å²) in [6.45, 7) is 7.16. The lowest BCUT2D eigenvalue weighted by molar-refractivity contribution is -0.577. The molecule has 1 spiro atoms. The standard InChI is InChI=1S/C32H38O8/c1-20-4-14-27-21(2)29(37-30-32(27)26(20)16-17-31(3,38-30)39-40-32)36-19-18-35-25-12-5-22(6-13-25)7-15-28(34)23-8-10-24(33)11-9-23/h5-13,15,20-21,26-27,29-30,33H,4,14,16-19H2,1-3H3/b15-7+/t20-,21-,26+,27+,29+,30-,31-,32-/m1/s1. The number of benzene rings is 2. The summed E-state index contributed by atoms with van der Waals surface area (Å²) in [5.74, 6) is 1.12. The Hall–Kier alpha value is -2.75. The Morgan fingerprint density at radius 2 is 1.77 bits per heavy atom. The number of carbonyl (C=O) groups excluding carboxylic acids is 1. The summed E-state index contributed by atoms with van der Waals surface area (Å²) in [6, 6.07) is 13.7. The molecule has 0 radical (unpaired) electrons. The molecular weight excluding hydrogens is 512 g/mol. The maximum Gasteiger partial charge on any atom is 0.201 e. The van der Waals surface area contributed by atoms with Crippen LogP contribution in [-0.2, 0) is 24.0 Å². The van der Waals surface area contributed by atoms with E-state index in [1.165, 1.54) is 18.2 Å². The van der Waals surface area contributed by atoms with Crippen molar-refractivity contribution >= 4 is 11.9 Å². The largest absolute Gasteiger partial charge is 0.508 e. The predicted octanol–water partition coefficient (Wildman–Crippen LogP) is 5.89. The summed E-state index contributed by atoms with van der Waals surface area (Å²) < 4.78 is 25.0. The maximum atomic E-state index is 12.3. The van der Waals surface area contributed by atoms with Gasteiger partial charge in [-0.1, -0.05) is 32.1 Å². The van der Waals surface area contributed by atoms with Crippen LogP contribution in [0.5, 0.6) is 11.5 Å². The number of phenolic OH excluding ortho intramolecular Hbond substituents is 1. The average Bonchev–Trinajstić information content (AvgIpc) is 3.19. The van der Waals surface area contributed by atoms with E-state index >= 15 is 0 Å². The highest BCUT2D eigenvalue weighted by atomic mass is 17.3. The van der Waals surface area contributed by atoms with Crippen molar-refractivity contribution in [1.82, 2.24) is 0 Å². The zero-order valence-electron chi connectivity index (χ0n) is 23.3. The fraction of sp³-hybridized carbons (Fsp3) is 0.531. The first-order valence-electron chi connectivity index (χ1n) is 14.3. The number of rotatable bonds is 8. The number of fused-ring (bicyclic) bond motifs is 2. The monoisotopic (exact) mass is 550 g/mol. The van der Waals surface area contributed by atoms with Crippen LogP contribution in [0.2, 0.25) is 0 Å². The SMILES string of the molecule is C[C@H]1[C@@H](OCCOc2ccc(/C=C/C(=O)c3ccc(O)cc3)cc2)O[C@@H]2O[C@@]3(C)CC[C@H]4[C@H](C)CC[C@@H]1[C@@]24OO3. The van der Waals surface area contributed by atoms with Crippen molar-refractivity contribution < 1.29 is 38.6 Å². The number of hydrogen-bond donors (Lipinski definition) is 1. The topological polar surface area (TPSA) is 92.7 Å². The lowest BCUT2D eigenvalue weighted by atomic mass is 9.58. The highest BCUT2D eigenvalue weighted by Crippen LogP contribution is 2.60. The molecule has 2 aromatic carbocycles. The normalized spacial score (nSPS) is 36.7. The van der Waals surface area contributed by atoms with E-state index in [2.05, 4.69) is 13.8 Å². The van der Waals surface area contributed by atoms with Crippen LogP contribution in [-0.4, -0.2) is 48.1 Å². The van der Waals surface area contributed by atoms with E-state index in [-0.39, 0.29) is 23.4 Å². The quantitative estimate of drug-likeness (QED) is 0.188. The number of phenols is 1. The minimum Gasteiger partial charge on any atom is -0.508 e. The first-order valence-corrected chi connectivity index (χ1v) is 14.3. The van der Waals surface area contributed by atoms with E-state index in [9.17, 15) is 9.90 Å². The third-order valence-corrected chi connectivity index (χ3v) is 9.19. The molecule has 1 saturated carbocycles. The van der Waals surface area contributed by atoms with E-state index in [0.717, 1.165) is 31.2 Å². The first kappa shape index (κ1) is 27.4. The van der Waals surface area contributed by atoms with Gasteiger partial charge in [0.05, 0.1) is 6.61 Å². The lowest BCUT2D eigenvalue weighted by Crippen LogP contribution is -2.70. The third-order valence-electron chi connectivity index (χ3n) is 9.19. The molecule has 0 amide bonds. The Morgan fingerprint density at radius 1 is 1.00 bits per heavy atom. The van der Waals surface area contributed by atoms with Crippen LogP contribution in [0.25, 0.3) is 6.08 Å². The predicted molar refractivity (Wildman–Crippen MR) is 146 cm³/mol. The lowest BCUT2D eigenvalue weighted by Gasteiger charge is -2.60. The van der Waals surface area contributed by atoms with E-state index < -0.39 is 24.0 Å². The Labute approximate surface area is 235 Å². The van der Waals surface area contributed by atoms with Crippen molar-refractivity contribution in [3.63, 3.8) is 0 Å². The van der Waals surface area contributed by atoms with Gasteiger partial charge in [0.15, 0.2) is 24.0 Å². The Bertz CT molecular complexity index is 1230. The molecule has 4 saturated heterocycles. The molecule has 7 rings (SSSR count). The van der Waals surface area contributed by atoms with Crippen LogP contribution in [0.1, 0.15) is 62.4 Å². The number of allylic oxidation sites excluding steroid dienone is 1. The Balaban J connectivity index is 1.02. The van der Waals surface area contributed by atoms with Crippen molar-refractivity contribution in [3.8, 4) is 11.5 Å². The summed E-state index contributed by atoms with van der Waals surface area (Å²) in [7, 11) is 0. The second kappa shape index (κ2) is 10.9. The van der Waals surface area contributed by atoms with Gasteiger partial charge in [-0.15, -0.1) is 0 Å². The third kappa shape index (κ3) is 5.08. The van der Waals surface area contributed by atoms with Gasteiger partial charge in [-0.05, 0) is 86.1 Å². The molecule has 5 aliphatic rings. The molecular formula is C32H38O8. The fourth-order valence-electron chi connectivity index (χ4n) is 6.96. The molecule has 4 heterocycles. The van der Waals surface area contributed by atoms with Crippen molar-refractivity contribution in [2.24, 2.45) is 23.7 Å². The van der Waals surface area contributed by atoms with E-state index in [0.29, 0.717) is 36.4 Å². The number of aromatic hydroxyl groups is 1. The smallest absolute Gasteiger partial charge is 0.201 e. The van der Waals surface area contributed by atoms with E-state index in [1.807, 2.05) is 31.2 Å². The molecule has 2 bridgehead atoms. The van der Waals surface area contributed by atoms with Crippen LogP contribution in [0, 0.1) is 23.7 Å². The van der Waals surface area contributed by atoms with Crippen molar-refractivity contribution in [2.45, 2.75) is 70.4 Å². The summed E-state index contributed by atoms with van der Waals surface area (Å²) in [5, 5.41) is 9.38. The number of ketones is 1. The van der Waals surface area contributed by atoms with Gasteiger partial charge in [-0.2, -0.15) is 0 Å². The molecule has 2 aromatic rings. The van der Waals surface area contributed by atoms with Gasteiger partial charge in [0.25, 0.3) is 0 Å². The summed E-state index contributed by atoms with van der Waals surface area (Å²) in [4.78, 5) is 24.4. The number of ether oxygens (including phenoxy) is 4. The average molecular weight is 551 g/mol. The van der Waals surface area contributed by atoms with Crippen molar-refractivity contribution in [1.29, 1.82) is 0 Å². The molecule has 0 unspecified atom stereocenters. The summed E-state index contributed by atoms with van der Waals surface area (Å²) in [5.41, 5.74) is 0.812. The van der Waals surface area contributed by atoms with Gasteiger partial charge in [0.2, 0.25) is 5.79 Å². The Morgan fingerprint density at radius 3 is 2.55 bits per heavy atom. The van der Waals surface area contributed by atoms with Gasteiger partial charge in [-0.3, -0.25) is 4.79 Å². The molecule has 0 aromatic heterocycles. The second-order valence-electron chi connectivity index (χ2n) is 11.8. The zero-order valence-corrected chi connectivity index (χ0v) is 23.3. The highest BCUT2D eigenvalue weighted by Gasteiger charge is 2.69. The van der Waals surface area contributed by atoms with Gasteiger partial charge in [-0.25, -0.2) is 9.78 Å². The molecule has 8 heteroatoms. The van der Waals surface area contributed by atoms with E-state index in [1.54, 1.807) is 18.2 Å². The fourth-order valence-corrected chi connectivity index (χ4v) is 6.96. The first-order chi connectivity index (χ1) is 19.3. The minimum absolute atomic E-state index is 0.122. The van der Waals surface area contributed by atoms with Crippen LogP contribution in [0.3, 0.4) is 0 Å². The van der Waals surface area contributed by atoms with Gasteiger partial charge in [0.1, 0.15) is 18.1 Å². The second-order valence-corrected chi connectivity index (χ2v) is 11.8.